The Kier molecular flexibility index (Phi) is 8.16. The molecule has 2 amide bonds. The molecule has 0 saturated heterocycles. The number of nitrogens with zero attached hydrogens (tertiary/aromatic N) is 5. The van der Waals surface area contributed by atoms with Crippen LogP contribution in [0, 0.1) is 11.7 Å². The van der Waals surface area contributed by atoms with Gasteiger partial charge in [0.25, 0.3) is 12.4 Å². The lowest BCUT2D eigenvalue weighted by Gasteiger charge is -2.28. The minimum Gasteiger partial charge on any atom is -0.483 e. The lowest BCUT2D eigenvalue weighted by molar-refractivity contribution is -0.126. The topological polar surface area (TPSA) is 168 Å². The van der Waals surface area contributed by atoms with Crippen LogP contribution in [-0.4, -0.2) is 59.8 Å². The van der Waals surface area contributed by atoms with Crippen LogP contribution in [0.2, 0.25) is 0 Å². The smallest absolute Gasteiger partial charge is 0.290 e. The van der Waals surface area contributed by atoms with Gasteiger partial charge in [-0.25, -0.2) is 4.39 Å². The summed E-state index contributed by atoms with van der Waals surface area (Å²) in [6, 6.07) is 7.73. The second kappa shape index (κ2) is 11.5. The molecular formula is C20H23FN8O4. The van der Waals surface area contributed by atoms with Gasteiger partial charge in [0.2, 0.25) is 5.91 Å². The van der Waals surface area contributed by atoms with E-state index in [1.54, 1.807) is 18.2 Å². The number of amides is 2. The Labute approximate surface area is 187 Å². The molecule has 0 unspecified atom stereocenters. The number of nitrogens with one attached hydrogen (secondary N) is 3. The lowest BCUT2D eigenvalue weighted by Crippen LogP contribution is -2.40. The molecule has 1 aliphatic rings. The average molecular weight is 458 g/mol. The number of carboxylic acid groups (broad SMARTS) is 1. The monoisotopic (exact) mass is 458 g/mol. The Balaban J connectivity index is 0.000000968. The molecule has 4 N–H and O–H groups in total. The molecule has 0 aliphatic heterocycles. The van der Waals surface area contributed by atoms with E-state index in [1.807, 2.05) is 0 Å². The van der Waals surface area contributed by atoms with E-state index in [0.717, 1.165) is 5.56 Å². The summed E-state index contributed by atoms with van der Waals surface area (Å²) in [6.45, 7) is 0.0523. The minimum atomic E-state index is -0.319. The van der Waals surface area contributed by atoms with Crippen molar-refractivity contribution in [3.63, 3.8) is 0 Å². The Morgan fingerprint density at radius 1 is 1.24 bits per heavy atom. The van der Waals surface area contributed by atoms with Gasteiger partial charge in [-0.2, -0.15) is 9.78 Å². The van der Waals surface area contributed by atoms with Gasteiger partial charge < -0.3 is 15.7 Å². The fourth-order valence-corrected chi connectivity index (χ4v) is 3.55. The molecule has 174 valence electrons. The predicted octanol–water partition coefficient (Wildman–Crippen LogP) is 0.830. The van der Waals surface area contributed by atoms with Gasteiger partial charge in [-0.3, -0.25) is 19.5 Å². The van der Waals surface area contributed by atoms with Gasteiger partial charge in [0, 0.05) is 24.6 Å². The van der Waals surface area contributed by atoms with Crippen LogP contribution in [0.25, 0.3) is 5.82 Å². The van der Waals surface area contributed by atoms with Crippen LogP contribution in [0.4, 0.5) is 4.39 Å². The summed E-state index contributed by atoms with van der Waals surface area (Å²) in [4.78, 5) is 33.2. The van der Waals surface area contributed by atoms with Crippen LogP contribution in [0.15, 0.2) is 36.7 Å². The highest BCUT2D eigenvalue weighted by atomic mass is 19.1. The summed E-state index contributed by atoms with van der Waals surface area (Å²) in [5.74, 6) is -0.307. The normalized spacial score (nSPS) is 17.4. The van der Waals surface area contributed by atoms with Crippen LogP contribution in [0.1, 0.15) is 41.7 Å². The van der Waals surface area contributed by atoms with E-state index < -0.39 is 0 Å². The number of hydrogen-bond acceptors (Lipinski definition) is 7. The van der Waals surface area contributed by atoms with Crippen LogP contribution < -0.4 is 10.6 Å². The van der Waals surface area contributed by atoms with Gasteiger partial charge in [0.05, 0.1) is 0 Å². The number of benzene rings is 1. The second-order valence-corrected chi connectivity index (χ2v) is 7.37. The molecule has 0 bridgehead atoms. The standard InChI is InChI=1S/C19H21FN8O2.CH2O2/c20-14-3-1-2-12(8-14)10-21-18(29)13-4-6-15(7-5-13)23-19(30)16-9-17(25-24-16)28-11-22-26-27-28;2-1-3/h1-3,8-9,11,13,15H,4-7,10H2,(H,21,29)(H,23,30)(H,24,25);1H,(H,2,3). The fraction of sp³-hybridized carbons (Fsp3) is 0.350. The van der Waals surface area contributed by atoms with Crippen molar-refractivity contribution in [2.75, 3.05) is 0 Å². The van der Waals surface area contributed by atoms with Crippen LogP contribution in [-0.2, 0) is 16.1 Å². The molecule has 1 saturated carbocycles. The first-order valence-electron chi connectivity index (χ1n) is 10.2. The highest BCUT2D eigenvalue weighted by Gasteiger charge is 2.27. The van der Waals surface area contributed by atoms with Crippen molar-refractivity contribution in [2.24, 2.45) is 5.92 Å². The number of carbonyl (C=O) groups is 3. The molecule has 0 spiro atoms. The zero-order chi connectivity index (χ0) is 23.6. The number of tetrazole rings is 1. The summed E-state index contributed by atoms with van der Waals surface area (Å²) in [5, 5.41) is 30.2. The van der Waals surface area contributed by atoms with E-state index in [0.29, 0.717) is 43.7 Å². The van der Waals surface area contributed by atoms with Gasteiger partial charge in [-0.1, -0.05) is 12.1 Å². The molecule has 2 heterocycles. The highest BCUT2D eigenvalue weighted by Crippen LogP contribution is 2.25. The van der Waals surface area contributed by atoms with Gasteiger partial charge >= 0.3 is 0 Å². The average Bonchev–Trinajstić information content (AvgIpc) is 3.51. The largest absolute Gasteiger partial charge is 0.483 e. The minimum absolute atomic E-state index is 0.00967. The molecule has 2 aromatic heterocycles. The lowest BCUT2D eigenvalue weighted by atomic mass is 9.85. The van der Waals surface area contributed by atoms with Crippen molar-refractivity contribution < 1.29 is 23.9 Å². The molecule has 3 aromatic rings. The molecule has 1 aromatic carbocycles. The summed E-state index contributed by atoms with van der Waals surface area (Å²) >= 11 is 0. The van der Waals surface area contributed by atoms with Crippen molar-refractivity contribution in [1.29, 1.82) is 0 Å². The van der Waals surface area contributed by atoms with E-state index in [9.17, 15) is 14.0 Å². The first-order chi connectivity index (χ1) is 16.0. The summed E-state index contributed by atoms with van der Waals surface area (Å²) in [6.07, 6.45) is 4.16. The third-order valence-electron chi connectivity index (χ3n) is 5.18. The van der Waals surface area contributed by atoms with Gasteiger partial charge in [0.1, 0.15) is 17.8 Å². The molecule has 0 atom stereocenters. The summed E-state index contributed by atoms with van der Waals surface area (Å²) in [5.41, 5.74) is 1.04. The van der Waals surface area contributed by atoms with Crippen molar-refractivity contribution in [3.05, 3.63) is 53.7 Å². The third-order valence-corrected chi connectivity index (χ3v) is 5.18. The maximum Gasteiger partial charge on any atom is 0.290 e. The Hall–Kier alpha value is -4.16. The zero-order valence-electron chi connectivity index (χ0n) is 17.5. The van der Waals surface area contributed by atoms with Gasteiger partial charge in [0.15, 0.2) is 5.82 Å². The predicted molar refractivity (Wildman–Crippen MR) is 111 cm³/mol. The Bertz CT molecular complexity index is 1060. The van der Waals surface area contributed by atoms with Crippen LogP contribution in [0.3, 0.4) is 0 Å². The number of rotatable bonds is 6. The first-order valence-corrected chi connectivity index (χ1v) is 10.2. The first kappa shape index (κ1) is 23.5. The van der Waals surface area contributed by atoms with Crippen molar-refractivity contribution >= 4 is 18.3 Å². The van der Waals surface area contributed by atoms with Crippen molar-refractivity contribution in [2.45, 2.75) is 38.3 Å². The summed E-state index contributed by atoms with van der Waals surface area (Å²) in [7, 11) is 0. The molecule has 1 fully saturated rings. The maximum absolute atomic E-state index is 13.2. The number of carbonyl (C=O) groups excluding carboxylic acids is 2. The Morgan fingerprint density at radius 2 is 2.00 bits per heavy atom. The van der Waals surface area contributed by atoms with Crippen molar-refractivity contribution in [1.82, 2.24) is 41.0 Å². The SMILES string of the molecule is O=C(NC1CCC(C(=O)NCc2cccc(F)c2)CC1)c1cc(-n2cnnn2)n[nH]1.O=CO. The fourth-order valence-electron chi connectivity index (χ4n) is 3.55. The highest BCUT2D eigenvalue weighted by molar-refractivity contribution is 5.92. The zero-order valence-corrected chi connectivity index (χ0v) is 17.5. The third kappa shape index (κ3) is 6.66. The van der Waals surface area contributed by atoms with Crippen molar-refractivity contribution in [3.8, 4) is 5.82 Å². The van der Waals surface area contributed by atoms with E-state index >= 15 is 0 Å². The molecule has 0 radical (unpaired) electrons. The van der Waals surface area contributed by atoms with Crippen LogP contribution in [0.5, 0.6) is 0 Å². The van der Waals surface area contributed by atoms with E-state index in [4.69, 9.17) is 9.90 Å². The molecule has 12 nitrogen and oxygen atoms in total. The number of aromatic nitrogens is 6. The van der Waals surface area contributed by atoms with Crippen LogP contribution >= 0.6 is 0 Å². The maximum atomic E-state index is 13.2. The van der Waals surface area contributed by atoms with E-state index in [-0.39, 0.29) is 36.1 Å². The molecule has 1 aliphatic carbocycles. The van der Waals surface area contributed by atoms with Gasteiger partial charge in [-0.05, 0) is 53.8 Å². The number of aromatic amines is 1. The number of halogens is 1. The van der Waals surface area contributed by atoms with E-state index in [1.165, 1.54) is 23.1 Å². The second-order valence-electron chi connectivity index (χ2n) is 7.37. The van der Waals surface area contributed by atoms with Gasteiger partial charge in [-0.15, -0.1) is 5.10 Å². The van der Waals surface area contributed by atoms with E-state index in [2.05, 4.69) is 36.4 Å². The molecule has 13 heteroatoms. The Morgan fingerprint density at radius 3 is 2.67 bits per heavy atom. The number of H-pyrrole nitrogens is 1. The molecule has 33 heavy (non-hydrogen) atoms. The number of hydrogen-bond donors (Lipinski definition) is 4. The quantitative estimate of drug-likeness (QED) is 0.394. The summed E-state index contributed by atoms with van der Waals surface area (Å²) < 4.78 is 14.6. The molecular weight excluding hydrogens is 435 g/mol. The molecule has 4 rings (SSSR count).